The highest BCUT2D eigenvalue weighted by Crippen LogP contribution is 2.17. The van der Waals surface area contributed by atoms with E-state index in [9.17, 15) is 9.59 Å². The number of amides is 3. The average Bonchev–Trinajstić information content (AvgIpc) is 2.35. The molecular formula is C13H25N3O2. The number of nitrogens with zero attached hydrogens (tertiary/aromatic N) is 3. The molecule has 1 aliphatic heterocycles. The number of urea groups is 1. The van der Waals surface area contributed by atoms with Gasteiger partial charge in [-0.25, -0.2) is 4.79 Å². The van der Waals surface area contributed by atoms with Crippen LogP contribution in [0.1, 0.15) is 26.7 Å². The molecule has 0 bridgehead atoms. The third-order valence-corrected chi connectivity index (χ3v) is 3.43. The minimum Gasteiger partial charge on any atom is -0.340 e. The van der Waals surface area contributed by atoms with Gasteiger partial charge in [-0.3, -0.25) is 4.79 Å². The van der Waals surface area contributed by atoms with E-state index in [-0.39, 0.29) is 23.9 Å². The van der Waals surface area contributed by atoms with Crippen LogP contribution in [0.25, 0.3) is 0 Å². The van der Waals surface area contributed by atoms with Crippen molar-refractivity contribution in [2.45, 2.75) is 32.7 Å². The van der Waals surface area contributed by atoms with Gasteiger partial charge in [0.05, 0.1) is 6.04 Å². The van der Waals surface area contributed by atoms with Crippen molar-refractivity contribution >= 4 is 11.9 Å². The quantitative estimate of drug-likeness (QED) is 0.745. The third-order valence-electron chi connectivity index (χ3n) is 3.43. The summed E-state index contributed by atoms with van der Waals surface area (Å²) in [5.41, 5.74) is 0. The van der Waals surface area contributed by atoms with Crippen LogP contribution in [-0.4, -0.2) is 66.9 Å². The first-order chi connectivity index (χ1) is 8.34. The smallest absolute Gasteiger partial charge is 0.319 e. The van der Waals surface area contributed by atoms with Gasteiger partial charge in [0.15, 0.2) is 0 Å². The molecule has 18 heavy (non-hydrogen) atoms. The maximum Gasteiger partial charge on any atom is 0.319 e. The lowest BCUT2D eigenvalue weighted by atomic mass is 10.0. The summed E-state index contributed by atoms with van der Waals surface area (Å²) in [6, 6.07) is 0.134. The zero-order chi connectivity index (χ0) is 13.9. The van der Waals surface area contributed by atoms with E-state index in [1.54, 1.807) is 23.9 Å². The number of hydrogen-bond acceptors (Lipinski definition) is 2. The molecule has 0 aromatic carbocycles. The number of hydrogen-bond donors (Lipinski definition) is 0. The van der Waals surface area contributed by atoms with Crippen molar-refractivity contribution < 1.29 is 9.59 Å². The summed E-state index contributed by atoms with van der Waals surface area (Å²) in [6.45, 7) is 5.31. The van der Waals surface area contributed by atoms with E-state index in [1.807, 2.05) is 25.8 Å². The Balaban J connectivity index is 2.64. The monoisotopic (exact) mass is 255 g/mol. The van der Waals surface area contributed by atoms with Crippen molar-refractivity contribution in [2.24, 2.45) is 5.92 Å². The number of piperidine rings is 1. The van der Waals surface area contributed by atoms with Crippen LogP contribution in [0.15, 0.2) is 0 Å². The summed E-state index contributed by atoms with van der Waals surface area (Å²) in [5.74, 6) is 0.212. The normalized spacial score (nSPS) is 19.9. The fourth-order valence-corrected chi connectivity index (χ4v) is 2.31. The molecule has 104 valence electrons. The largest absolute Gasteiger partial charge is 0.340 e. The highest BCUT2D eigenvalue weighted by Gasteiger charge is 2.29. The molecule has 3 amide bonds. The van der Waals surface area contributed by atoms with Crippen LogP contribution >= 0.6 is 0 Å². The maximum atomic E-state index is 12.0. The average molecular weight is 255 g/mol. The van der Waals surface area contributed by atoms with Gasteiger partial charge in [-0.1, -0.05) is 13.8 Å². The highest BCUT2D eigenvalue weighted by atomic mass is 16.2. The van der Waals surface area contributed by atoms with Gasteiger partial charge in [-0.2, -0.15) is 0 Å². The van der Waals surface area contributed by atoms with E-state index in [1.165, 1.54) is 0 Å². The van der Waals surface area contributed by atoms with Gasteiger partial charge >= 0.3 is 6.03 Å². The molecule has 0 aliphatic carbocycles. The molecule has 0 aromatic rings. The van der Waals surface area contributed by atoms with Crippen LogP contribution in [0.4, 0.5) is 4.79 Å². The van der Waals surface area contributed by atoms with E-state index < -0.39 is 0 Å². The molecule has 0 aromatic heterocycles. The fourth-order valence-electron chi connectivity index (χ4n) is 2.31. The molecule has 0 radical (unpaired) electrons. The molecule has 5 heteroatoms. The number of likely N-dealkylation sites (tertiary alicyclic amines) is 1. The molecule has 0 N–H and O–H groups in total. The lowest BCUT2D eigenvalue weighted by Crippen LogP contribution is -2.52. The van der Waals surface area contributed by atoms with Gasteiger partial charge in [0.25, 0.3) is 0 Å². The Bertz CT molecular complexity index is 297. The predicted octanol–water partition coefficient (Wildman–Crippen LogP) is 1.25. The van der Waals surface area contributed by atoms with Gasteiger partial charge in [-0.15, -0.1) is 0 Å². The van der Waals surface area contributed by atoms with E-state index in [4.69, 9.17) is 0 Å². The van der Waals surface area contributed by atoms with Gasteiger partial charge in [0, 0.05) is 40.2 Å². The highest BCUT2D eigenvalue weighted by molar-refractivity contribution is 5.78. The molecule has 5 nitrogen and oxygen atoms in total. The molecule has 1 fully saturated rings. The van der Waals surface area contributed by atoms with Crippen molar-refractivity contribution in [1.29, 1.82) is 0 Å². The van der Waals surface area contributed by atoms with Crippen LogP contribution in [0.3, 0.4) is 0 Å². The molecule has 1 rings (SSSR count). The minimum absolute atomic E-state index is 0.00107. The van der Waals surface area contributed by atoms with Gasteiger partial charge in [0.1, 0.15) is 0 Å². The maximum absolute atomic E-state index is 12.0. The van der Waals surface area contributed by atoms with Crippen molar-refractivity contribution in [3.8, 4) is 0 Å². The lowest BCUT2D eigenvalue weighted by Gasteiger charge is -2.39. The predicted molar refractivity (Wildman–Crippen MR) is 71.3 cm³/mol. The van der Waals surface area contributed by atoms with Crippen LogP contribution < -0.4 is 0 Å². The first-order valence-corrected chi connectivity index (χ1v) is 6.57. The van der Waals surface area contributed by atoms with E-state index in [2.05, 4.69) is 0 Å². The second kappa shape index (κ2) is 6.07. The molecule has 0 spiro atoms. The van der Waals surface area contributed by atoms with Crippen LogP contribution in [0.2, 0.25) is 0 Å². The van der Waals surface area contributed by atoms with E-state index in [0.717, 1.165) is 19.4 Å². The molecule has 1 aliphatic rings. The van der Waals surface area contributed by atoms with E-state index >= 15 is 0 Å². The second-order valence-corrected chi connectivity index (χ2v) is 5.52. The van der Waals surface area contributed by atoms with E-state index in [0.29, 0.717) is 6.54 Å². The molecule has 1 unspecified atom stereocenters. The summed E-state index contributed by atoms with van der Waals surface area (Å²) < 4.78 is 0. The van der Waals surface area contributed by atoms with Gasteiger partial charge < -0.3 is 14.7 Å². The molecule has 0 saturated carbocycles. The lowest BCUT2D eigenvalue weighted by molar-refractivity contribution is -0.136. The van der Waals surface area contributed by atoms with Crippen molar-refractivity contribution in [2.75, 3.05) is 34.2 Å². The van der Waals surface area contributed by atoms with Crippen LogP contribution in [0.5, 0.6) is 0 Å². The summed E-state index contributed by atoms with van der Waals surface area (Å²) in [6.07, 6.45) is 1.94. The van der Waals surface area contributed by atoms with Crippen molar-refractivity contribution in [1.82, 2.24) is 14.7 Å². The number of rotatable bonds is 2. The zero-order valence-corrected chi connectivity index (χ0v) is 12.1. The SMILES string of the molecule is CC(C)C(=O)N1CCCC(N(C)C(=O)N(C)C)C1. The Kier molecular flexibility index (Phi) is 4.99. The molecule has 1 saturated heterocycles. The first kappa shape index (κ1) is 14.8. The summed E-state index contributed by atoms with van der Waals surface area (Å²) in [4.78, 5) is 29.1. The first-order valence-electron chi connectivity index (χ1n) is 6.57. The Labute approximate surface area is 110 Å². The molecule has 1 atom stereocenters. The van der Waals surface area contributed by atoms with Crippen LogP contribution in [-0.2, 0) is 4.79 Å². The minimum atomic E-state index is -0.00107. The molecule has 1 heterocycles. The third kappa shape index (κ3) is 3.37. The van der Waals surface area contributed by atoms with Crippen molar-refractivity contribution in [3.05, 3.63) is 0 Å². The number of carbonyl (C=O) groups is 2. The van der Waals surface area contributed by atoms with Crippen molar-refractivity contribution in [3.63, 3.8) is 0 Å². The summed E-state index contributed by atoms with van der Waals surface area (Å²) in [7, 11) is 5.31. The van der Waals surface area contributed by atoms with Crippen LogP contribution in [0, 0.1) is 5.92 Å². The van der Waals surface area contributed by atoms with Gasteiger partial charge in [0.2, 0.25) is 5.91 Å². The molecular weight excluding hydrogens is 230 g/mol. The fraction of sp³-hybridized carbons (Fsp3) is 0.846. The Morgan fingerprint density at radius 3 is 2.33 bits per heavy atom. The Morgan fingerprint density at radius 1 is 1.22 bits per heavy atom. The summed E-state index contributed by atoms with van der Waals surface area (Å²) in [5, 5.41) is 0. The topological polar surface area (TPSA) is 43.9 Å². The van der Waals surface area contributed by atoms with Gasteiger partial charge in [-0.05, 0) is 12.8 Å². The second-order valence-electron chi connectivity index (χ2n) is 5.52. The Morgan fingerprint density at radius 2 is 1.83 bits per heavy atom. The Hall–Kier alpha value is -1.26. The zero-order valence-electron chi connectivity index (χ0n) is 12.1. The number of likely N-dealkylation sites (N-methyl/N-ethyl adjacent to an activating group) is 1. The summed E-state index contributed by atoms with van der Waals surface area (Å²) >= 11 is 0. The standard InChI is InChI=1S/C13H25N3O2/c1-10(2)12(17)16-8-6-7-11(9-16)15(5)13(18)14(3)4/h10-11H,6-9H2,1-5H3. The number of carbonyl (C=O) groups excluding carboxylic acids is 2.